The Hall–Kier alpha value is -1.94. The van der Waals surface area contributed by atoms with Gasteiger partial charge in [0.2, 0.25) is 0 Å². The molecule has 0 unspecified atom stereocenters. The zero-order valence-corrected chi connectivity index (χ0v) is 9.19. The van der Waals surface area contributed by atoms with Gasteiger partial charge in [0.15, 0.2) is 23.3 Å². The third-order valence-corrected chi connectivity index (χ3v) is 2.51. The molecule has 0 N–H and O–H groups in total. The molecule has 116 valence electrons. The lowest BCUT2D eigenvalue weighted by Gasteiger charge is -2.28. The van der Waals surface area contributed by atoms with Crippen LogP contribution in [0.25, 0.3) is 5.57 Å². The van der Waals surface area contributed by atoms with Crippen molar-refractivity contribution in [3.63, 3.8) is 0 Å². The van der Waals surface area contributed by atoms with Crippen molar-refractivity contribution in [3.05, 3.63) is 40.4 Å². The van der Waals surface area contributed by atoms with Gasteiger partial charge in [0, 0.05) is 5.56 Å². The van der Waals surface area contributed by atoms with Crippen LogP contribution < -0.4 is 0 Å². The number of benzene rings is 1. The Morgan fingerprint density at radius 1 is 0.762 bits per heavy atom. The molecule has 0 aromatic heterocycles. The number of halogens is 10. The molecule has 1 nitrogen and oxygen atoms in total. The second-order valence-corrected chi connectivity index (χ2v) is 3.77. The van der Waals surface area contributed by atoms with Gasteiger partial charge in [-0.15, -0.1) is 0 Å². The first-order valence-corrected chi connectivity index (χ1v) is 4.80. The predicted molar refractivity (Wildman–Crippen MR) is 45.3 cm³/mol. The summed E-state index contributed by atoms with van der Waals surface area (Å²) in [7, 11) is 0. The molecule has 0 saturated carbocycles. The largest absolute Gasteiger partial charge is 0.432 e. The third kappa shape index (κ3) is 2.10. The van der Waals surface area contributed by atoms with Gasteiger partial charge < -0.3 is 4.74 Å². The van der Waals surface area contributed by atoms with Crippen LogP contribution >= 0.6 is 0 Å². The summed E-state index contributed by atoms with van der Waals surface area (Å²) in [5, 5.41) is 0. The number of allylic oxidation sites excluding steroid dienone is 1. The average molecular weight is 326 g/mol. The molecule has 0 atom stereocenters. The van der Waals surface area contributed by atoms with E-state index in [4.69, 9.17) is 0 Å². The lowest BCUT2D eigenvalue weighted by atomic mass is 9.95. The molecule has 1 heterocycles. The van der Waals surface area contributed by atoms with Crippen LogP contribution in [0, 0.1) is 23.3 Å². The van der Waals surface area contributed by atoms with Crippen LogP contribution in [0.5, 0.6) is 0 Å². The summed E-state index contributed by atoms with van der Waals surface area (Å²) >= 11 is 0. The maximum atomic E-state index is 13.3. The van der Waals surface area contributed by atoms with Gasteiger partial charge in [0.25, 0.3) is 6.01 Å². The maximum Gasteiger partial charge on any atom is 0.432 e. The third-order valence-electron chi connectivity index (χ3n) is 2.51. The molecule has 0 aliphatic carbocycles. The molecule has 0 fully saturated rings. The molecule has 0 radical (unpaired) electrons. The molecular weight excluding hydrogens is 326 g/mol. The highest BCUT2D eigenvalue weighted by molar-refractivity contribution is 5.75. The minimum absolute atomic E-state index is 2.48. The summed E-state index contributed by atoms with van der Waals surface area (Å²) in [5.74, 6) is -11.2. The molecule has 0 amide bonds. The Morgan fingerprint density at radius 3 is 1.71 bits per heavy atom. The summed E-state index contributed by atoms with van der Waals surface area (Å²) in [6.07, 6.45) is -11.0. The van der Waals surface area contributed by atoms with Crippen molar-refractivity contribution in [2.45, 2.75) is 12.3 Å². The van der Waals surface area contributed by atoms with Crippen LogP contribution in [0.1, 0.15) is 11.1 Å². The van der Waals surface area contributed by atoms with Crippen molar-refractivity contribution < 1.29 is 48.6 Å². The van der Waals surface area contributed by atoms with E-state index in [1.54, 1.807) is 0 Å². The van der Waals surface area contributed by atoms with E-state index in [2.05, 4.69) is 4.74 Å². The van der Waals surface area contributed by atoms with Gasteiger partial charge in [-0.05, 0) is 0 Å². The highest BCUT2D eigenvalue weighted by Crippen LogP contribution is 2.51. The van der Waals surface area contributed by atoms with E-state index in [1.165, 1.54) is 0 Å². The van der Waals surface area contributed by atoms with Crippen molar-refractivity contribution in [3.8, 4) is 0 Å². The summed E-state index contributed by atoms with van der Waals surface area (Å²) < 4.78 is 132. The van der Waals surface area contributed by atoms with Crippen LogP contribution in [0.15, 0.2) is 6.01 Å². The Labute approximate surface area is 108 Å². The van der Waals surface area contributed by atoms with E-state index in [9.17, 15) is 43.9 Å². The number of ether oxygens (including phenoxy) is 1. The van der Waals surface area contributed by atoms with Gasteiger partial charge >= 0.3 is 12.3 Å². The molecule has 1 aromatic rings. The van der Waals surface area contributed by atoms with Crippen molar-refractivity contribution >= 4 is 5.57 Å². The molecule has 2 rings (SSSR count). The van der Waals surface area contributed by atoms with Gasteiger partial charge in [-0.25, -0.2) is 17.6 Å². The number of fused-ring (bicyclic) bond motifs is 1. The van der Waals surface area contributed by atoms with Gasteiger partial charge in [0.05, 0.1) is 0 Å². The summed E-state index contributed by atoms with van der Waals surface area (Å²) in [5.41, 5.74) is -7.86. The first-order chi connectivity index (χ1) is 9.39. The van der Waals surface area contributed by atoms with Crippen LogP contribution in [-0.2, 0) is 10.8 Å². The fourth-order valence-corrected chi connectivity index (χ4v) is 1.71. The number of hydrogen-bond acceptors (Lipinski definition) is 1. The molecule has 0 saturated heterocycles. The monoisotopic (exact) mass is 326 g/mol. The molecule has 1 aromatic carbocycles. The van der Waals surface area contributed by atoms with Crippen LogP contribution in [-0.4, -0.2) is 6.18 Å². The second kappa shape index (κ2) is 4.28. The highest BCUT2D eigenvalue weighted by Gasteiger charge is 2.55. The van der Waals surface area contributed by atoms with E-state index in [0.29, 0.717) is 0 Å². The van der Waals surface area contributed by atoms with E-state index >= 15 is 0 Å². The van der Waals surface area contributed by atoms with Gasteiger partial charge in [0.1, 0.15) is 11.1 Å². The summed E-state index contributed by atoms with van der Waals surface area (Å²) in [6.45, 7) is 0. The fourth-order valence-electron chi connectivity index (χ4n) is 1.71. The normalized spacial score (nSPS) is 17.6. The van der Waals surface area contributed by atoms with Crippen molar-refractivity contribution in [2.75, 3.05) is 0 Å². The zero-order chi connectivity index (χ0) is 16.3. The Bertz CT molecular complexity index is 657. The zero-order valence-electron chi connectivity index (χ0n) is 9.19. The van der Waals surface area contributed by atoms with E-state index in [0.717, 1.165) is 0 Å². The van der Waals surface area contributed by atoms with E-state index in [1.807, 2.05) is 0 Å². The minimum atomic E-state index is -5.83. The molecule has 0 spiro atoms. The van der Waals surface area contributed by atoms with Crippen LogP contribution in [0.2, 0.25) is 0 Å². The summed E-state index contributed by atoms with van der Waals surface area (Å²) in [6, 6.07) is -3.00. The van der Waals surface area contributed by atoms with E-state index in [-0.39, 0.29) is 0 Å². The SMILES string of the molecule is FC1=C(C(F)(F)F)c2c(F)c(F)c(F)c(F)c2C(F)(F)O1. The predicted octanol–water partition coefficient (Wildman–Crippen LogP) is 4.52. The first-order valence-electron chi connectivity index (χ1n) is 4.80. The summed E-state index contributed by atoms with van der Waals surface area (Å²) in [4.78, 5) is 0. The van der Waals surface area contributed by atoms with Gasteiger partial charge in [-0.2, -0.15) is 26.3 Å². The Kier molecular flexibility index (Phi) is 3.15. The van der Waals surface area contributed by atoms with Crippen molar-refractivity contribution in [2.24, 2.45) is 0 Å². The Balaban J connectivity index is 3.00. The van der Waals surface area contributed by atoms with Crippen LogP contribution in [0.4, 0.5) is 43.9 Å². The molecule has 11 heteroatoms. The van der Waals surface area contributed by atoms with Crippen molar-refractivity contribution in [1.29, 1.82) is 0 Å². The van der Waals surface area contributed by atoms with Crippen molar-refractivity contribution in [1.82, 2.24) is 0 Å². The second-order valence-electron chi connectivity index (χ2n) is 3.77. The number of hydrogen-bond donors (Lipinski definition) is 0. The standard InChI is InChI=1S/C10F10O/c11-4-1-2(5(12)7(14)6(4)13)10(19,20)21-8(15)3(1)9(16,17)18. The minimum Gasteiger partial charge on any atom is -0.402 e. The maximum absolute atomic E-state index is 13.3. The molecule has 1 aliphatic heterocycles. The quantitative estimate of drug-likeness (QED) is 0.387. The molecular formula is C10F10O. The number of rotatable bonds is 0. The van der Waals surface area contributed by atoms with Crippen LogP contribution in [0.3, 0.4) is 0 Å². The fraction of sp³-hybridized carbons (Fsp3) is 0.200. The van der Waals surface area contributed by atoms with Gasteiger partial charge in [-0.3, -0.25) is 0 Å². The molecule has 0 bridgehead atoms. The number of alkyl halides is 5. The molecule has 1 aliphatic rings. The van der Waals surface area contributed by atoms with Gasteiger partial charge in [-0.1, -0.05) is 0 Å². The molecule has 21 heavy (non-hydrogen) atoms. The van der Waals surface area contributed by atoms with E-state index < -0.39 is 58.3 Å². The topological polar surface area (TPSA) is 9.23 Å². The first kappa shape index (κ1) is 15.4. The lowest BCUT2D eigenvalue weighted by molar-refractivity contribution is -0.242. The lowest BCUT2D eigenvalue weighted by Crippen LogP contribution is -2.31. The smallest absolute Gasteiger partial charge is 0.402 e. The highest BCUT2D eigenvalue weighted by atomic mass is 19.4. The Morgan fingerprint density at radius 2 is 1.24 bits per heavy atom. The average Bonchev–Trinajstić information content (AvgIpc) is 2.29.